The van der Waals surface area contributed by atoms with Crippen LogP contribution in [0.3, 0.4) is 0 Å². The van der Waals surface area contributed by atoms with E-state index in [2.05, 4.69) is 10.3 Å². The average molecular weight is 381 g/mol. The van der Waals surface area contributed by atoms with Crippen molar-refractivity contribution in [2.24, 2.45) is 5.41 Å². The van der Waals surface area contributed by atoms with E-state index < -0.39 is 11.4 Å². The number of pyridine rings is 1. The number of nitrogen functional groups attached to an aromatic ring is 1. The molecule has 1 aromatic carbocycles. The van der Waals surface area contributed by atoms with Gasteiger partial charge in [0.25, 0.3) is 0 Å². The van der Waals surface area contributed by atoms with Crippen LogP contribution < -0.4 is 50.5 Å². The molecule has 0 saturated heterocycles. The maximum Gasteiger partial charge on any atom is 1.00 e. The summed E-state index contributed by atoms with van der Waals surface area (Å²) in [7, 11) is 0. The molecule has 2 rings (SSSR count). The van der Waals surface area contributed by atoms with Gasteiger partial charge in [-0.2, -0.15) is 0 Å². The number of aryl methyl sites for hydroxylation is 1. The normalized spacial score (nSPS) is 11.2. The molecule has 1 heterocycles. The van der Waals surface area contributed by atoms with Crippen LogP contribution in [-0.4, -0.2) is 29.5 Å². The van der Waals surface area contributed by atoms with E-state index in [-0.39, 0.29) is 65.1 Å². The number of carbonyl (C=O) groups is 2. The number of anilines is 1. The van der Waals surface area contributed by atoms with Gasteiger partial charge in [0.15, 0.2) is 0 Å². The number of nitrogens with zero attached hydrogens (tertiary/aromatic N) is 1. The molecule has 0 spiro atoms. The summed E-state index contributed by atoms with van der Waals surface area (Å²) in [5, 5.41) is 14.6. The van der Waals surface area contributed by atoms with E-state index in [0.717, 1.165) is 0 Å². The summed E-state index contributed by atoms with van der Waals surface area (Å²) in [6.07, 6.45) is 0. The molecule has 0 aliphatic rings. The van der Waals surface area contributed by atoms with Crippen LogP contribution in [0.25, 0.3) is 10.9 Å². The van der Waals surface area contributed by atoms with Crippen molar-refractivity contribution in [3.63, 3.8) is 0 Å². The number of carboxylic acids is 1. The molecule has 0 bridgehead atoms. The molecule has 2 aromatic rings. The third-order valence-electron chi connectivity index (χ3n) is 4.02. The Morgan fingerprint density at radius 3 is 2.52 bits per heavy atom. The fourth-order valence-electron chi connectivity index (χ4n) is 2.60. The summed E-state index contributed by atoms with van der Waals surface area (Å²) < 4.78 is 5.85. The molecule has 7 nitrogen and oxygen atoms in total. The number of aromatic nitrogens is 1. The van der Waals surface area contributed by atoms with E-state index in [1.54, 1.807) is 39.0 Å². The van der Waals surface area contributed by atoms with Gasteiger partial charge in [0.05, 0.1) is 28.0 Å². The van der Waals surface area contributed by atoms with Crippen LogP contribution in [0.2, 0.25) is 0 Å². The minimum Gasteiger partial charge on any atom is -0.545 e. The number of aromatic carboxylic acids is 1. The van der Waals surface area contributed by atoms with Gasteiger partial charge in [-0.25, -0.2) is 0 Å². The van der Waals surface area contributed by atoms with Crippen molar-refractivity contribution < 1.29 is 49.0 Å². The van der Waals surface area contributed by atoms with E-state index in [0.29, 0.717) is 16.7 Å². The number of fused-ring (bicyclic) bond motifs is 1. The van der Waals surface area contributed by atoms with E-state index in [9.17, 15) is 14.7 Å². The summed E-state index contributed by atoms with van der Waals surface area (Å²) in [5.74, 6) is -1.15. The van der Waals surface area contributed by atoms with Gasteiger partial charge in [0.1, 0.15) is 12.4 Å². The fourth-order valence-corrected chi connectivity index (χ4v) is 2.60. The Bertz CT molecular complexity index is 866. The number of ether oxygens (including phenoxy) is 1. The number of amides is 1. The predicted molar refractivity (Wildman–Crippen MR) is 97.8 cm³/mol. The van der Waals surface area contributed by atoms with E-state index in [1.807, 2.05) is 13.8 Å². The standard InChI is InChI=1S/C19H25N3O4.Na/c1-10(2)21-18(25)19(4,5)9-26-13-8-6-7-12-15(13)16(20)14(17(23)24)11(3)22-12;/h6-8,10H,9H2,1-5H3,(H2,20,22)(H,21,25)(H,23,24);/q;+1/p-1. The first kappa shape index (κ1) is 23.2. The maximum absolute atomic E-state index is 12.3. The van der Waals surface area contributed by atoms with Gasteiger partial charge in [-0.05, 0) is 46.8 Å². The van der Waals surface area contributed by atoms with E-state index in [1.165, 1.54) is 0 Å². The van der Waals surface area contributed by atoms with Gasteiger partial charge < -0.3 is 25.7 Å². The third kappa shape index (κ3) is 5.12. The first-order chi connectivity index (χ1) is 12.0. The number of nitrogens with one attached hydrogen (secondary N) is 1. The summed E-state index contributed by atoms with van der Waals surface area (Å²) in [6.45, 7) is 8.97. The first-order valence-corrected chi connectivity index (χ1v) is 8.38. The molecule has 0 radical (unpaired) electrons. The van der Waals surface area contributed by atoms with Crippen molar-refractivity contribution in [2.75, 3.05) is 12.3 Å². The van der Waals surface area contributed by atoms with E-state index >= 15 is 0 Å². The molecular formula is C19H24N3NaO4. The summed E-state index contributed by atoms with van der Waals surface area (Å²) >= 11 is 0. The van der Waals surface area contributed by atoms with Crippen LogP contribution in [-0.2, 0) is 4.79 Å². The number of rotatable bonds is 6. The van der Waals surface area contributed by atoms with Crippen LogP contribution in [0.4, 0.5) is 5.69 Å². The first-order valence-electron chi connectivity index (χ1n) is 8.38. The Kier molecular flexibility index (Phi) is 7.66. The molecule has 0 unspecified atom stereocenters. The van der Waals surface area contributed by atoms with Crippen LogP contribution in [0.1, 0.15) is 43.7 Å². The molecule has 0 aliphatic heterocycles. The Labute approximate surface area is 181 Å². The molecule has 0 fully saturated rings. The Hall–Kier alpha value is -1.83. The summed E-state index contributed by atoms with van der Waals surface area (Å²) in [5.41, 5.74) is 5.99. The van der Waals surface area contributed by atoms with Gasteiger partial charge in [-0.1, -0.05) is 6.07 Å². The van der Waals surface area contributed by atoms with Gasteiger partial charge in [-0.3, -0.25) is 9.78 Å². The summed E-state index contributed by atoms with van der Waals surface area (Å²) in [4.78, 5) is 28.0. The van der Waals surface area contributed by atoms with Crippen LogP contribution >= 0.6 is 0 Å². The molecular weight excluding hydrogens is 357 g/mol. The molecule has 0 aliphatic carbocycles. The van der Waals surface area contributed by atoms with Crippen molar-refractivity contribution in [3.8, 4) is 5.75 Å². The number of hydrogen-bond donors (Lipinski definition) is 2. The average Bonchev–Trinajstić information content (AvgIpc) is 2.51. The van der Waals surface area contributed by atoms with Gasteiger partial charge in [0.2, 0.25) is 5.91 Å². The van der Waals surface area contributed by atoms with Crippen LogP contribution in [0, 0.1) is 12.3 Å². The Morgan fingerprint density at radius 2 is 1.96 bits per heavy atom. The van der Waals surface area contributed by atoms with Gasteiger partial charge in [0, 0.05) is 17.3 Å². The zero-order chi connectivity index (χ0) is 19.6. The molecule has 8 heteroatoms. The summed E-state index contributed by atoms with van der Waals surface area (Å²) in [6, 6.07) is 5.16. The second-order valence-electron chi connectivity index (χ2n) is 7.22. The number of carbonyl (C=O) groups excluding carboxylic acids is 2. The fraction of sp³-hybridized carbons (Fsp3) is 0.421. The van der Waals surface area contributed by atoms with Gasteiger partial charge >= 0.3 is 29.6 Å². The number of carboxylic acid groups (broad SMARTS) is 1. The van der Waals surface area contributed by atoms with Crippen molar-refractivity contribution in [2.45, 2.75) is 40.7 Å². The van der Waals surface area contributed by atoms with E-state index in [4.69, 9.17) is 10.5 Å². The molecule has 0 atom stereocenters. The largest absolute Gasteiger partial charge is 1.00 e. The Morgan fingerprint density at radius 1 is 1.33 bits per heavy atom. The number of hydrogen-bond acceptors (Lipinski definition) is 6. The minimum absolute atomic E-state index is 0. The topological polar surface area (TPSA) is 117 Å². The van der Waals surface area contributed by atoms with Crippen molar-refractivity contribution in [1.29, 1.82) is 0 Å². The van der Waals surface area contributed by atoms with Crippen LogP contribution in [0.15, 0.2) is 18.2 Å². The second-order valence-corrected chi connectivity index (χ2v) is 7.22. The predicted octanol–water partition coefficient (Wildman–Crippen LogP) is -1.58. The number of benzene rings is 1. The minimum atomic E-state index is -1.39. The van der Waals surface area contributed by atoms with Crippen LogP contribution in [0.5, 0.6) is 5.75 Å². The third-order valence-corrected chi connectivity index (χ3v) is 4.02. The SMILES string of the molecule is Cc1nc2cccc(OCC(C)(C)C(=O)NC(C)C)c2c(N)c1C(=O)[O-].[Na+]. The molecule has 0 saturated carbocycles. The molecule has 140 valence electrons. The van der Waals surface area contributed by atoms with Crippen molar-refractivity contribution in [3.05, 3.63) is 29.5 Å². The van der Waals surface area contributed by atoms with Crippen molar-refractivity contribution >= 4 is 28.5 Å². The van der Waals surface area contributed by atoms with Gasteiger partial charge in [-0.15, -0.1) is 0 Å². The molecule has 27 heavy (non-hydrogen) atoms. The monoisotopic (exact) mass is 381 g/mol. The zero-order valence-corrected chi connectivity index (χ0v) is 18.7. The molecule has 1 aromatic heterocycles. The molecule has 3 N–H and O–H groups in total. The maximum atomic E-state index is 12.3. The molecule has 1 amide bonds. The number of nitrogens with two attached hydrogens (primary N) is 1. The second kappa shape index (κ2) is 8.91. The quantitative estimate of drug-likeness (QED) is 0.584. The smallest absolute Gasteiger partial charge is 0.545 e. The Balaban J connectivity index is 0.00000364. The van der Waals surface area contributed by atoms with Crippen molar-refractivity contribution in [1.82, 2.24) is 10.3 Å². The zero-order valence-electron chi connectivity index (χ0n) is 16.7.